The van der Waals surface area contributed by atoms with Gasteiger partial charge in [0.15, 0.2) is 5.76 Å². The van der Waals surface area contributed by atoms with Crippen LogP contribution in [0.2, 0.25) is 0 Å². The van der Waals surface area contributed by atoms with Crippen molar-refractivity contribution in [1.29, 1.82) is 0 Å². The molecule has 0 saturated heterocycles. The van der Waals surface area contributed by atoms with Crippen LogP contribution in [0.4, 0.5) is 0 Å². The third kappa shape index (κ3) is 3.67. The van der Waals surface area contributed by atoms with Gasteiger partial charge in [0, 0.05) is 27.1 Å². The van der Waals surface area contributed by atoms with Crippen molar-refractivity contribution in [3.05, 3.63) is 44.0 Å². The lowest BCUT2D eigenvalue weighted by atomic mass is 9.99. The van der Waals surface area contributed by atoms with Crippen LogP contribution in [0.1, 0.15) is 65.4 Å². The van der Waals surface area contributed by atoms with Crippen LogP contribution in [0.25, 0.3) is 10.4 Å². The van der Waals surface area contributed by atoms with Crippen molar-refractivity contribution < 1.29 is 14.1 Å². The van der Waals surface area contributed by atoms with Crippen molar-refractivity contribution in [2.24, 2.45) is 4.99 Å². The molecule has 0 amide bonds. The summed E-state index contributed by atoms with van der Waals surface area (Å²) in [5, 5.41) is 6.20. The summed E-state index contributed by atoms with van der Waals surface area (Å²) in [5.74, 6) is 0.444. The summed E-state index contributed by atoms with van der Waals surface area (Å²) >= 11 is 3.25. The molecule has 6 nitrogen and oxygen atoms in total. The number of carbonyl (C=O) groups is 1. The van der Waals surface area contributed by atoms with Gasteiger partial charge in [-0.05, 0) is 32.8 Å². The molecule has 0 spiro atoms. The molecule has 1 aliphatic heterocycles. The Kier molecular flexibility index (Phi) is 5.65. The summed E-state index contributed by atoms with van der Waals surface area (Å²) in [6.45, 7) is 8.34. The maximum atomic E-state index is 12.1. The number of unbranched alkanes of at least 4 members (excludes halogenated alkanes) is 1. The van der Waals surface area contributed by atoms with E-state index in [-0.39, 0.29) is 12.6 Å². The zero-order valence-corrected chi connectivity index (χ0v) is 18.6. The van der Waals surface area contributed by atoms with Crippen LogP contribution in [0.3, 0.4) is 0 Å². The molecule has 3 aromatic rings. The molecule has 0 radical (unpaired) electrons. The van der Waals surface area contributed by atoms with Gasteiger partial charge >= 0.3 is 5.97 Å². The standard InChI is InChI=1S/C21H23N3O3S2/c1-5-6-7-16(25)26-8-14-20-18(12(3)24-27-20)21-17(11(2)13(4)29-21)19(23-14)15-9-28-10-22-15/h9-10,14H,5-8H2,1-4H3/t14-/m0/s1. The highest BCUT2D eigenvalue weighted by Crippen LogP contribution is 2.45. The van der Waals surface area contributed by atoms with Crippen LogP contribution < -0.4 is 0 Å². The van der Waals surface area contributed by atoms with Crippen LogP contribution in [-0.2, 0) is 9.53 Å². The van der Waals surface area contributed by atoms with E-state index in [9.17, 15) is 4.79 Å². The summed E-state index contributed by atoms with van der Waals surface area (Å²) in [7, 11) is 0. The van der Waals surface area contributed by atoms with E-state index in [1.165, 1.54) is 21.8 Å². The maximum Gasteiger partial charge on any atom is 0.305 e. The summed E-state index contributed by atoms with van der Waals surface area (Å²) in [5.41, 5.74) is 7.50. The van der Waals surface area contributed by atoms with Crippen LogP contribution in [0, 0.1) is 20.8 Å². The smallest absolute Gasteiger partial charge is 0.305 e. The van der Waals surface area contributed by atoms with Crippen molar-refractivity contribution in [2.75, 3.05) is 6.61 Å². The van der Waals surface area contributed by atoms with Gasteiger partial charge in [-0.1, -0.05) is 18.5 Å². The topological polar surface area (TPSA) is 77.6 Å². The summed E-state index contributed by atoms with van der Waals surface area (Å²) in [6.07, 6.45) is 2.19. The molecule has 4 heterocycles. The van der Waals surface area contributed by atoms with E-state index < -0.39 is 6.04 Å². The van der Waals surface area contributed by atoms with Crippen molar-refractivity contribution in [2.45, 2.75) is 53.0 Å². The number of aliphatic imine (C=N–C) groups is 1. The molecule has 0 unspecified atom stereocenters. The number of carbonyl (C=O) groups excluding carboxylic acids is 1. The van der Waals surface area contributed by atoms with Gasteiger partial charge in [-0.2, -0.15) is 0 Å². The molecule has 0 fully saturated rings. The number of ether oxygens (including phenoxy) is 1. The second-order valence-corrected chi connectivity index (χ2v) is 9.09. The molecule has 29 heavy (non-hydrogen) atoms. The Balaban J connectivity index is 1.81. The molecule has 4 rings (SSSR count). The minimum Gasteiger partial charge on any atom is -0.463 e. The largest absolute Gasteiger partial charge is 0.463 e. The fraction of sp³-hybridized carbons (Fsp3) is 0.429. The molecule has 1 aliphatic rings. The number of fused-ring (bicyclic) bond motifs is 3. The number of aryl methyl sites for hydroxylation is 2. The van der Waals surface area contributed by atoms with E-state index in [0.29, 0.717) is 12.2 Å². The summed E-state index contributed by atoms with van der Waals surface area (Å²) in [6, 6.07) is -0.451. The zero-order chi connectivity index (χ0) is 20.5. The molecule has 1 atom stereocenters. The van der Waals surface area contributed by atoms with Crippen molar-refractivity contribution in [1.82, 2.24) is 10.1 Å². The number of esters is 1. The predicted octanol–water partition coefficient (Wildman–Crippen LogP) is 5.41. The van der Waals surface area contributed by atoms with Crippen LogP contribution >= 0.6 is 22.7 Å². The highest BCUT2D eigenvalue weighted by Gasteiger charge is 2.34. The lowest BCUT2D eigenvalue weighted by Gasteiger charge is -2.12. The summed E-state index contributed by atoms with van der Waals surface area (Å²) in [4.78, 5) is 23.9. The predicted molar refractivity (Wildman–Crippen MR) is 115 cm³/mol. The van der Waals surface area contributed by atoms with E-state index in [2.05, 4.69) is 30.9 Å². The number of hydrogen-bond donors (Lipinski definition) is 0. The second-order valence-electron chi connectivity index (χ2n) is 7.15. The third-order valence-electron chi connectivity index (χ3n) is 5.14. The van der Waals surface area contributed by atoms with Gasteiger partial charge in [0.25, 0.3) is 0 Å². The van der Waals surface area contributed by atoms with Crippen LogP contribution in [0.5, 0.6) is 0 Å². The van der Waals surface area contributed by atoms with Crippen molar-refractivity contribution in [3.8, 4) is 10.4 Å². The first kappa shape index (κ1) is 20.0. The number of thiophene rings is 1. The van der Waals surface area contributed by atoms with Crippen LogP contribution in [-0.4, -0.2) is 28.4 Å². The van der Waals surface area contributed by atoms with Crippen molar-refractivity contribution in [3.63, 3.8) is 0 Å². The van der Waals surface area contributed by atoms with Crippen LogP contribution in [0.15, 0.2) is 20.4 Å². The number of nitrogens with zero attached hydrogens (tertiary/aromatic N) is 3. The number of aromatic nitrogens is 2. The Morgan fingerprint density at radius 1 is 1.28 bits per heavy atom. The normalized spacial score (nSPS) is 15.4. The molecular weight excluding hydrogens is 406 g/mol. The molecule has 0 aromatic carbocycles. The zero-order valence-electron chi connectivity index (χ0n) is 16.9. The van der Waals surface area contributed by atoms with Gasteiger partial charge in [-0.15, -0.1) is 22.7 Å². The lowest BCUT2D eigenvalue weighted by molar-refractivity contribution is -0.144. The number of rotatable bonds is 6. The van der Waals surface area contributed by atoms with E-state index >= 15 is 0 Å². The average Bonchev–Trinajstić information content (AvgIpc) is 3.40. The fourth-order valence-corrected chi connectivity index (χ4v) is 5.26. The van der Waals surface area contributed by atoms with Gasteiger partial charge < -0.3 is 9.26 Å². The van der Waals surface area contributed by atoms with E-state index in [1.807, 2.05) is 12.3 Å². The Morgan fingerprint density at radius 2 is 2.10 bits per heavy atom. The van der Waals surface area contributed by atoms with E-state index in [1.54, 1.807) is 16.8 Å². The first-order valence-corrected chi connectivity index (χ1v) is 11.5. The molecule has 0 saturated carbocycles. The first-order chi connectivity index (χ1) is 14.0. The average molecular weight is 430 g/mol. The van der Waals surface area contributed by atoms with Gasteiger partial charge in [0.2, 0.25) is 0 Å². The quantitative estimate of drug-likeness (QED) is 0.490. The highest BCUT2D eigenvalue weighted by atomic mass is 32.1. The van der Waals surface area contributed by atoms with Crippen molar-refractivity contribution >= 4 is 34.4 Å². The molecule has 0 aliphatic carbocycles. The minimum atomic E-state index is -0.451. The summed E-state index contributed by atoms with van der Waals surface area (Å²) < 4.78 is 11.3. The molecular formula is C21H23N3O3S2. The number of thiazole rings is 1. The fourth-order valence-electron chi connectivity index (χ4n) is 3.46. The molecule has 8 heteroatoms. The van der Waals surface area contributed by atoms with Gasteiger partial charge in [-0.3, -0.25) is 9.79 Å². The molecule has 0 N–H and O–H groups in total. The number of hydrogen-bond acceptors (Lipinski definition) is 8. The van der Waals surface area contributed by atoms with Gasteiger partial charge in [0.1, 0.15) is 12.6 Å². The molecule has 0 bridgehead atoms. The monoisotopic (exact) mass is 429 g/mol. The van der Waals surface area contributed by atoms with E-state index in [4.69, 9.17) is 14.3 Å². The minimum absolute atomic E-state index is 0.130. The molecule has 3 aromatic heterocycles. The Labute approximate surface area is 177 Å². The first-order valence-electron chi connectivity index (χ1n) is 9.70. The van der Waals surface area contributed by atoms with Gasteiger partial charge in [-0.25, -0.2) is 4.98 Å². The third-order valence-corrected chi connectivity index (χ3v) is 6.95. The Hall–Kier alpha value is -2.32. The highest BCUT2D eigenvalue weighted by molar-refractivity contribution is 7.16. The van der Waals surface area contributed by atoms with E-state index in [0.717, 1.165) is 45.9 Å². The Morgan fingerprint density at radius 3 is 2.83 bits per heavy atom. The second kappa shape index (κ2) is 8.20. The van der Waals surface area contributed by atoms with Gasteiger partial charge in [0.05, 0.1) is 28.2 Å². The maximum absolute atomic E-state index is 12.1. The molecule has 152 valence electrons. The SMILES string of the molecule is CCCCC(=O)OC[C@@H]1N=C(c2cscn2)c2c(sc(C)c2C)-c2c(C)noc21. The Bertz CT molecular complexity index is 1060. The lowest BCUT2D eigenvalue weighted by Crippen LogP contribution is -2.13.